The van der Waals surface area contributed by atoms with Crippen LogP contribution in [0.2, 0.25) is 0 Å². The molecule has 4 nitrogen and oxygen atoms in total. The quantitative estimate of drug-likeness (QED) is 0.0490. The fraction of sp³-hybridized carbons (Fsp3) is 0.780. The van der Waals surface area contributed by atoms with Crippen molar-refractivity contribution in [3.63, 3.8) is 0 Å². The molecule has 45 heavy (non-hydrogen) atoms. The van der Waals surface area contributed by atoms with Crippen LogP contribution in [0.25, 0.3) is 0 Å². The molecule has 4 heteroatoms. The van der Waals surface area contributed by atoms with Crippen LogP contribution in [0.4, 0.5) is 0 Å². The molecule has 0 aromatic rings. The summed E-state index contributed by atoms with van der Waals surface area (Å²) in [5, 5.41) is 22.8. The van der Waals surface area contributed by atoms with Crippen LogP contribution >= 0.6 is 0 Å². The van der Waals surface area contributed by atoms with Gasteiger partial charge in [-0.15, -0.1) is 0 Å². The zero-order valence-electron chi connectivity index (χ0n) is 29.9. The van der Waals surface area contributed by atoms with Crippen LogP contribution in [0, 0.1) is 0 Å². The molecule has 0 aromatic heterocycles. The zero-order chi connectivity index (χ0) is 32.9. The Kier molecular flexibility index (Phi) is 35.5. The number of allylic oxidation sites excluding steroid dienone is 7. The minimum atomic E-state index is -0.840. The maximum Gasteiger partial charge on any atom is 0.220 e. The molecule has 1 amide bonds. The molecule has 2 unspecified atom stereocenters. The van der Waals surface area contributed by atoms with Crippen molar-refractivity contribution in [3.8, 4) is 0 Å². The van der Waals surface area contributed by atoms with E-state index in [0.717, 1.165) is 38.5 Å². The maximum atomic E-state index is 12.3. The van der Waals surface area contributed by atoms with E-state index in [1.54, 1.807) is 6.08 Å². The van der Waals surface area contributed by atoms with Gasteiger partial charge < -0.3 is 15.5 Å². The Balaban J connectivity index is 3.61. The van der Waals surface area contributed by atoms with E-state index in [4.69, 9.17) is 0 Å². The first-order valence-electron chi connectivity index (χ1n) is 19.4. The van der Waals surface area contributed by atoms with Gasteiger partial charge in [0.1, 0.15) is 0 Å². The topological polar surface area (TPSA) is 69.6 Å². The lowest BCUT2D eigenvalue weighted by Crippen LogP contribution is -2.45. The summed E-state index contributed by atoms with van der Waals surface area (Å²) in [5.74, 6) is -0.0755. The van der Waals surface area contributed by atoms with Crippen LogP contribution in [-0.4, -0.2) is 34.9 Å². The predicted molar refractivity (Wildman–Crippen MR) is 198 cm³/mol. The van der Waals surface area contributed by atoms with Gasteiger partial charge in [0.15, 0.2) is 0 Å². The van der Waals surface area contributed by atoms with Crippen LogP contribution in [0.15, 0.2) is 48.6 Å². The normalized spacial score (nSPS) is 13.6. The number of rotatable bonds is 34. The standard InChI is InChI=1S/C41H75NO3/c1-3-5-7-9-11-13-15-16-17-18-19-20-21-22-23-24-25-26-27-29-31-33-35-37-41(45)42-39(38-43)40(44)36-34-32-30-28-14-12-10-8-6-4-2/h15-16,18-19,21-22,34,36,39-40,43-44H,3-14,17,20,23-33,35,37-38H2,1-2H3,(H,42,45)/b16-15-,19-18-,22-21-,36-34+. The lowest BCUT2D eigenvalue weighted by Gasteiger charge is -2.20. The lowest BCUT2D eigenvalue weighted by molar-refractivity contribution is -0.123. The van der Waals surface area contributed by atoms with Crippen molar-refractivity contribution < 1.29 is 15.0 Å². The van der Waals surface area contributed by atoms with Gasteiger partial charge in [0.25, 0.3) is 0 Å². The molecule has 262 valence electrons. The minimum Gasteiger partial charge on any atom is -0.394 e. The molecule has 0 bridgehead atoms. The Hall–Kier alpha value is -1.65. The second-order valence-corrected chi connectivity index (χ2v) is 13.0. The van der Waals surface area contributed by atoms with E-state index in [2.05, 4.69) is 55.6 Å². The summed E-state index contributed by atoms with van der Waals surface area (Å²) in [6, 6.07) is -0.624. The summed E-state index contributed by atoms with van der Waals surface area (Å²) < 4.78 is 0. The first kappa shape index (κ1) is 43.4. The van der Waals surface area contributed by atoms with Gasteiger partial charge in [-0.3, -0.25) is 4.79 Å². The van der Waals surface area contributed by atoms with Gasteiger partial charge in [-0.25, -0.2) is 0 Å². The molecule has 0 aliphatic rings. The number of carbonyl (C=O) groups excluding carboxylic acids is 1. The zero-order valence-corrected chi connectivity index (χ0v) is 29.9. The van der Waals surface area contributed by atoms with E-state index in [9.17, 15) is 15.0 Å². The largest absolute Gasteiger partial charge is 0.394 e. The van der Waals surface area contributed by atoms with Crippen molar-refractivity contribution >= 4 is 5.91 Å². The molecular weight excluding hydrogens is 554 g/mol. The Morgan fingerprint density at radius 3 is 1.36 bits per heavy atom. The van der Waals surface area contributed by atoms with Gasteiger partial charge >= 0.3 is 0 Å². The van der Waals surface area contributed by atoms with Gasteiger partial charge in [-0.1, -0.05) is 172 Å². The van der Waals surface area contributed by atoms with Crippen molar-refractivity contribution in [2.24, 2.45) is 0 Å². The number of aliphatic hydroxyl groups excluding tert-OH is 2. The van der Waals surface area contributed by atoms with Gasteiger partial charge in [0.05, 0.1) is 18.8 Å². The number of nitrogens with one attached hydrogen (secondary N) is 1. The van der Waals surface area contributed by atoms with Gasteiger partial charge in [-0.2, -0.15) is 0 Å². The Morgan fingerprint density at radius 1 is 0.533 bits per heavy atom. The molecule has 0 aromatic carbocycles. The average Bonchev–Trinajstić information content (AvgIpc) is 3.04. The number of hydrogen-bond donors (Lipinski definition) is 3. The average molecular weight is 630 g/mol. The highest BCUT2D eigenvalue weighted by atomic mass is 16.3. The van der Waals surface area contributed by atoms with E-state index >= 15 is 0 Å². The highest BCUT2D eigenvalue weighted by molar-refractivity contribution is 5.76. The molecule has 2 atom stereocenters. The number of amides is 1. The lowest BCUT2D eigenvalue weighted by atomic mass is 10.1. The SMILES string of the molecule is CCCCCCC/C=C\C/C=C\C/C=C\CCCCCCCCCCC(=O)NC(CO)C(O)/C=C/CCCCCCCCCC. The van der Waals surface area contributed by atoms with E-state index in [1.165, 1.54) is 128 Å². The third-order valence-corrected chi connectivity index (χ3v) is 8.56. The fourth-order valence-corrected chi connectivity index (χ4v) is 5.54. The molecule has 0 heterocycles. The van der Waals surface area contributed by atoms with Crippen molar-refractivity contribution in [1.82, 2.24) is 5.32 Å². The molecule has 0 rings (SSSR count). The summed E-state index contributed by atoms with van der Waals surface area (Å²) in [4.78, 5) is 12.3. The Bertz CT molecular complexity index is 726. The molecule has 0 fully saturated rings. The van der Waals surface area contributed by atoms with E-state index in [0.29, 0.717) is 6.42 Å². The van der Waals surface area contributed by atoms with Gasteiger partial charge in [0, 0.05) is 6.42 Å². The monoisotopic (exact) mass is 630 g/mol. The third-order valence-electron chi connectivity index (χ3n) is 8.56. The molecule has 0 aliphatic heterocycles. The molecule has 0 radical (unpaired) electrons. The smallest absolute Gasteiger partial charge is 0.220 e. The van der Waals surface area contributed by atoms with Crippen molar-refractivity contribution in [2.45, 2.75) is 199 Å². The molecular formula is C41H75NO3. The highest BCUT2D eigenvalue weighted by Crippen LogP contribution is 2.12. The minimum absolute atomic E-state index is 0.0755. The van der Waals surface area contributed by atoms with Gasteiger partial charge in [-0.05, 0) is 57.8 Å². The third kappa shape index (κ3) is 33.5. The van der Waals surface area contributed by atoms with Crippen LogP contribution in [0.1, 0.15) is 187 Å². The summed E-state index contributed by atoms with van der Waals surface area (Å²) in [6.45, 7) is 4.26. The van der Waals surface area contributed by atoms with E-state index in [1.807, 2.05) is 6.08 Å². The van der Waals surface area contributed by atoms with Crippen molar-refractivity contribution in [2.75, 3.05) is 6.61 Å². The number of unbranched alkanes of at least 4 members (excludes halogenated alkanes) is 21. The van der Waals surface area contributed by atoms with Crippen molar-refractivity contribution in [1.29, 1.82) is 0 Å². The predicted octanol–water partition coefficient (Wildman–Crippen LogP) is 11.6. The number of aliphatic hydroxyl groups is 2. The van der Waals surface area contributed by atoms with Gasteiger partial charge in [0.2, 0.25) is 5.91 Å². The summed E-state index contributed by atoms with van der Waals surface area (Å²) >= 11 is 0. The van der Waals surface area contributed by atoms with E-state index < -0.39 is 12.1 Å². The second kappa shape index (κ2) is 36.8. The highest BCUT2D eigenvalue weighted by Gasteiger charge is 2.17. The van der Waals surface area contributed by atoms with Crippen LogP contribution in [0.5, 0.6) is 0 Å². The molecule has 3 N–H and O–H groups in total. The first-order valence-corrected chi connectivity index (χ1v) is 19.4. The van der Waals surface area contributed by atoms with Crippen LogP contribution in [0.3, 0.4) is 0 Å². The first-order chi connectivity index (χ1) is 22.2. The molecule has 0 spiro atoms. The summed E-state index contributed by atoms with van der Waals surface area (Å²) in [5.41, 5.74) is 0. The maximum absolute atomic E-state index is 12.3. The molecule has 0 aliphatic carbocycles. The number of hydrogen-bond acceptors (Lipinski definition) is 3. The van der Waals surface area contributed by atoms with Crippen LogP contribution in [-0.2, 0) is 4.79 Å². The Morgan fingerprint density at radius 2 is 0.911 bits per heavy atom. The Labute approximate surface area is 280 Å². The summed E-state index contributed by atoms with van der Waals surface area (Å²) in [6.07, 6.45) is 49.1. The van der Waals surface area contributed by atoms with E-state index in [-0.39, 0.29) is 12.5 Å². The molecule has 0 saturated carbocycles. The second-order valence-electron chi connectivity index (χ2n) is 13.0. The molecule has 0 saturated heterocycles. The van der Waals surface area contributed by atoms with Crippen molar-refractivity contribution in [3.05, 3.63) is 48.6 Å². The fourth-order valence-electron chi connectivity index (χ4n) is 5.54. The summed E-state index contributed by atoms with van der Waals surface area (Å²) in [7, 11) is 0. The van der Waals surface area contributed by atoms with Crippen LogP contribution < -0.4 is 5.32 Å². The number of carbonyl (C=O) groups is 1.